The SMILES string of the molecule is ClC(Cl)(Cl)CCCCn1cncn1.ClC(Cl)(Cl)CCCCn1cncn1.[Cl][Co][Cl]. The number of hydrogen-bond donors (Lipinski definition) is 0. The summed E-state index contributed by atoms with van der Waals surface area (Å²) in [6.45, 7) is 1.64. The molecule has 0 aliphatic carbocycles. The van der Waals surface area contributed by atoms with Crippen LogP contribution in [-0.4, -0.2) is 37.1 Å². The van der Waals surface area contributed by atoms with Gasteiger partial charge in [0, 0.05) is 13.1 Å². The van der Waals surface area contributed by atoms with Crippen molar-refractivity contribution in [3.63, 3.8) is 0 Å². The molecule has 29 heavy (non-hydrogen) atoms. The van der Waals surface area contributed by atoms with Crippen molar-refractivity contribution in [1.29, 1.82) is 0 Å². The van der Waals surface area contributed by atoms with E-state index in [9.17, 15) is 0 Å². The van der Waals surface area contributed by atoms with Gasteiger partial charge in [-0.15, -0.1) is 0 Å². The second-order valence-electron chi connectivity index (χ2n) is 5.51. The molecule has 2 rings (SSSR count). The Bertz CT molecular complexity index is 536. The summed E-state index contributed by atoms with van der Waals surface area (Å²) in [6.07, 6.45) is 11.1. The number of hydrogen-bond acceptors (Lipinski definition) is 4. The van der Waals surface area contributed by atoms with Gasteiger partial charge in [0.1, 0.15) is 25.3 Å². The maximum atomic E-state index is 5.59. The van der Waals surface area contributed by atoms with E-state index in [1.165, 1.54) is 12.7 Å². The van der Waals surface area contributed by atoms with E-state index in [1.54, 1.807) is 22.0 Å². The Balaban J connectivity index is 0.000000477. The minimum atomic E-state index is -1.12. The zero-order chi connectivity index (χ0) is 22.2. The van der Waals surface area contributed by atoms with Crippen LogP contribution >= 0.6 is 89.9 Å². The van der Waals surface area contributed by atoms with Crippen molar-refractivity contribution >= 4 is 89.9 Å². The van der Waals surface area contributed by atoms with E-state index >= 15 is 0 Å². The van der Waals surface area contributed by atoms with Gasteiger partial charge < -0.3 is 0 Å². The molecule has 0 aliphatic heterocycles. The molecule has 0 saturated carbocycles. The summed E-state index contributed by atoms with van der Waals surface area (Å²) in [7, 11) is 9.47. The molecule has 2 aromatic rings. The Morgan fingerprint density at radius 1 is 0.655 bits per heavy atom. The molecule has 171 valence electrons. The molecule has 0 aromatic carbocycles. The number of halogens is 8. The van der Waals surface area contributed by atoms with Crippen LogP contribution in [0.5, 0.6) is 0 Å². The second-order valence-corrected chi connectivity index (χ2v) is 12.3. The fourth-order valence-corrected chi connectivity index (χ4v) is 2.70. The Morgan fingerprint density at radius 3 is 1.24 bits per heavy atom. The standard InChI is InChI=1S/2C7H10Cl3N3.2ClH.Co/c2*8-7(9,10)3-1-2-4-13-6-11-5-12-13;;;/h2*5-6H,1-4H2;2*1H;/q;;;;+2/p-2. The molecule has 0 bridgehead atoms. The van der Waals surface area contributed by atoms with Gasteiger partial charge in [-0.3, -0.25) is 9.36 Å². The topological polar surface area (TPSA) is 61.4 Å². The first-order chi connectivity index (χ1) is 13.6. The van der Waals surface area contributed by atoms with Crippen LogP contribution in [0.1, 0.15) is 38.5 Å². The van der Waals surface area contributed by atoms with Gasteiger partial charge >= 0.3 is 33.2 Å². The molecule has 0 aliphatic rings. The molecule has 0 fully saturated rings. The predicted octanol–water partition coefficient (Wildman–Crippen LogP) is 7.01. The van der Waals surface area contributed by atoms with Crippen LogP contribution in [0.15, 0.2) is 25.3 Å². The molecule has 0 saturated heterocycles. The number of rotatable bonds is 8. The van der Waals surface area contributed by atoms with Crippen LogP contribution in [0.4, 0.5) is 0 Å². The maximum absolute atomic E-state index is 5.59. The van der Waals surface area contributed by atoms with E-state index in [4.69, 9.17) is 89.9 Å². The van der Waals surface area contributed by atoms with Crippen molar-refractivity contribution in [3.05, 3.63) is 25.3 Å². The summed E-state index contributed by atoms with van der Waals surface area (Å²) >= 11 is 33.9. The molecule has 0 radical (unpaired) electrons. The van der Waals surface area contributed by atoms with Crippen LogP contribution in [-0.2, 0) is 26.0 Å². The Labute approximate surface area is 215 Å². The van der Waals surface area contributed by atoms with Crippen molar-refractivity contribution < 1.29 is 12.9 Å². The van der Waals surface area contributed by atoms with Crippen molar-refractivity contribution in [2.24, 2.45) is 0 Å². The summed E-state index contributed by atoms with van der Waals surface area (Å²) in [5, 5.41) is 7.91. The van der Waals surface area contributed by atoms with E-state index in [2.05, 4.69) is 20.2 Å². The van der Waals surface area contributed by atoms with Gasteiger partial charge in [-0.05, 0) is 38.5 Å². The van der Waals surface area contributed by atoms with Gasteiger partial charge in [0.15, 0.2) is 7.59 Å². The van der Waals surface area contributed by atoms with Gasteiger partial charge in [-0.2, -0.15) is 10.2 Å². The van der Waals surface area contributed by atoms with Crippen molar-refractivity contribution in [2.75, 3.05) is 0 Å². The summed E-state index contributed by atoms with van der Waals surface area (Å²) in [4.78, 5) is 7.65. The third-order valence-electron chi connectivity index (χ3n) is 3.13. The van der Waals surface area contributed by atoms with Gasteiger partial charge in [0.05, 0.1) is 0 Å². The summed E-state index contributed by atoms with van der Waals surface area (Å²) in [5.74, 6) is 0. The predicted molar refractivity (Wildman–Crippen MR) is 120 cm³/mol. The van der Waals surface area contributed by atoms with Crippen LogP contribution in [0.2, 0.25) is 0 Å². The number of unbranched alkanes of at least 4 members (excludes halogenated alkanes) is 2. The van der Waals surface area contributed by atoms with E-state index in [-0.39, 0.29) is 0 Å². The third kappa shape index (κ3) is 22.1. The van der Waals surface area contributed by atoms with Crippen molar-refractivity contribution in [3.8, 4) is 0 Å². The number of aryl methyl sites for hydroxylation is 2. The first kappa shape index (κ1) is 30.1. The fraction of sp³-hybridized carbons (Fsp3) is 0.714. The van der Waals surface area contributed by atoms with Crippen LogP contribution in [0, 0.1) is 0 Å². The average molecular weight is 615 g/mol. The van der Waals surface area contributed by atoms with E-state index in [0.29, 0.717) is 25.7 Å². The zero-order valence-electron chi connectivity index (χ0n) is 15.0. The van der Waals surface area contributed by atoms with Gasteiger partial charge in [-0.25, -0.2) is 9.97 Å². The summed E-state index contributed by atoms with van der Waals surface area (Å²) < 4.78 is 1.28. The molecule has 15 heteroatoms. The molecule has 6 nitrogen and oxygen atoms in total. The molecule has 0 amide bonds. The van der Waals surface area contributed by atoms with E-state index in [0.717, 1.165) is 38.8 Å². The molecule has 0 N–H and O–H groups in total. The molecule has 2 aromatic heterocycles. The monoisotopic (exact) mass is 611 g/mol. The molecular weight excluding hydrogens is 595 g/mol. The third-order valence-corrected chi connectivity index (χ3v) is 4.26. The molecule has 0 spiro atoms. The summed E-state index contributed by atoms with van der Waals surface area (Å²) in [6, 6.07) is 0. The van der Waals surface area contributed by atoms with Crippen molar-refractivity contribution in [1.82, 2.24) is 29.5 Å². The quantitative estimate of drug-likeness (QED) is 0.237. The van der Waals surface area contributed by atoms with Crippen LogP contribution in [0.25, 0.3) is 0 Å². The summed E-state index contributed by atoms with van der Waals surface area (Å²) in [5.41, 5.74) is 0. The Morgan fingerprint density at radius 2 is 1.00 bits per heavy atom. The van der Waals surface area contributed by atoms with Crippen molar-refractivity contribution in [2.45, 2.75) is 59.2 Å². The Kier molecular flexibility index (Phi) is 18.3. The number of aromatic nitrogens is 6. The normalized spacial score (nSPS) is 11.4. The second kappa shape index (κ2) is 17.6. The molecular formula is C14H20Cl8CoN6. The van der Waals surface area contributed by atoms with Crippen LogP contribution < -0.4 is 0 Å². The first-order valence-corrected chi connectivity index (χ1v) is 13.3. The zero-order valence-corrected chi connectivity index (χ0v) is 22.1. The van der Waals surface area contributed by atoms with Gasteiger partial charge in [0.25, 0.3) is 0 Å². The average Bonchev–Trinajstić information content (AvgIpc) is 3.29. The van der Waals surface area contributed by atoms with Gasteiger partial charge in [0.2, 0.25) is 0 Å². The molecule has 0 unspecified atom stereocenters. The van der Waals surface area contributed by atoms with Crippen LogP contribution in [0.3, 0.4) is 0 Å². The number of nitrogens with zero attached hydrogens (tertiary/aromatic N) is 6. The van der Waals surface area contributed by atoms with Gasteiger partial charge in [-0.1, -0.05) is 69.6 Å². The fourth-order valence-electron chi connectivity index (χ4n) is 1.89. The first-order valence-electron chi connectivity index (χ1n) is 8.19. The van der Waals surface area contributed by atoms with E-state index < -0.39 is 7.59 Å². The molecule has 0 atom stereocenters. The minimum absolute atomic E-state index is 0.382. The van der Waals surface area contributed by atoms with E-state index in [1.807, 2.05) is 0 Å². The number of alkyl halides is 6. The Hall–Kier alpha value is 1.11. The molecule has 2 heterocycles.